The van der Waals surface area contributed by atoms with Crippen LogP contribution in [0.15, 0.2) is 36.8 Å². The number of hydrogen-bond acceptors (Lipinski definition) is 11. The molecule has 0 saturated heterocycles. The predicted molar refractivity (Wildman–Crippen MR) is 139 cm³/mol. The first-order valence-electron chi connectivity index (χ1n) is 12.6. The van der Waals surface area contributed by atoms with Crippen molar-refractivity contribution in [3.63, 3.8) is 0 Å². The Morgan fingerprint density at radius 3 is 2.63 bits per heavy atom. The van der Waals surface area contributed by atoms with Crippen LogP contribution in [0.3, 0.4) is 0 Å². The molecule has 0 amide bonds. The van der Waals surface area contributed by atoms with Crippen LogP contribution in [-0.4, -0.2) is 87.0 Å². The Labute approximate surface area is 219 Å². The minimum Gasteiger partial charge on any atom is -0.382 e. The van der Waals surface area contributed by atoms with Crippen LogP contribution in [0.25, 0.3) is 28.1 Å². The summed E-state index contributed by atoms with van der Waals surface area (Å²) in [5.74, 6) is 0.566. The lowest BCUT2D eigenvalue weighted by molar-refractivity contribution is 0.0141. The quantitative estimate of drug-likeness (QED) is 0.219. The van der Waals surface area contributed by atoms with Gasteiger partial charge in [-0.05, 0) is 25.0 Å². The summed E-state index contributed by atoms with van der Waals surface area (Å²) in [4.78, 5) is 9.04. The maximum Gasteiger partial charge on any atom is 0.172 e. The molecule has 0 spiro atoms. The second-order valence-corrected chi connectivity index (χ2v) is 8.75. The average molecular weight is 519 g/mol. The monoisotopic (exact) mass is 518 g/mol. The van der Waals surface area contributed by atoms with Gasteiger partial charge in [0, 0.05) is 42.3 Å². The molecule has 0 unspecified atom stereocenters. The van der Waals surface area contributed by atoms with Crippen molar-refractivity contribution in [3.8, 4) is 23.1 Å². The average Bonchev–Trinajstić information content (AvgIpc) is 3.50. The van der Waals surface area contributed by atoms with E-state index in [1.54, 1.807) is 27.8 Å². The van der Waals surface area contributed by atoms with Crippen molar-refractivity contribution in [3.05, 3.63) is 42.5 Å². The molecule has 1 aliphatic rings. The number of hydrogen-bond donors (Lipinski definition) is 2. The van der Waals surface area contributed by atoms with Crippen LogP contribution < -0.4 is 11.1 Å². The van der Waals surface area contributed by atoms with E-state index in [1.165, 1.54) is 0 Å². The van der Waals surface area contributed by atoms with Gasteiger partial charge >= 0.3 is 0 Å². The summed E-state index contributed by atoms with van der Waals surface area (Å²) in [7, 11) is 0. The van der Waals surface area contributed by atoms with E-state index in [0.29, 0.717) is 87.0 Å². The summed E-state index contributed by atoms with van der Waals surface area (Å²) >= 11 is 0. The molecule has 5 rings (SSSR count). The number of nitriles is 1. The van der Waals surface area contributed by atoms with Crippen molar-refractivity contribution in [2.24, 2.45) is 5.73 Å². The summed E-state index contributed by atoms with van der Waals surface area (Å²) in [6, 6.07) is 8.07. The van der Waals surface area contributed by atoms with E-state index in [-0.39, 0.29) is 0 Å². The van der Waals surface area contributed by atoms with Gasteiger partial charge in [0.2, 0.25) is 0 Å². The number of rotatable bonds is 15. The summed E-state index contributed by atoms with van der Waals surface area (Å²) in [5, 5.41) is 26.8. The van der Waals surface area contributed by atoms with E-state index in [1.807, 2.05) is 18.3 Å². The third-order valence-electron chi connectivity index (χ3n) is 5.88. The Morgan fingerprint density at radius 1 is 1.08 bits per heavy atom. The first-order chi connectivity index (χ1) is 18.8. The molecule has 0 bridgehead atoms. The Balaban J connectivity index is 1.23. The van der Waals surface area contributed by atoms with Crippen molar-refractivity contribution >= 4 is 16.7 Å². The molecule has 1 aliphatic carbocycles. The van der Waals surface area contributed by atoms with Gasteiger partial charge in [0.15, 0.2) is 17.2 Å². The highest BCUT2D eigenvalue weighted by atomic mass is 16.5. The fourth-order valence-electron chi connectivity index (χ4n) is 3.84. The van der Waals surface area contributed by atoms with Crippen LogP contribution in [-0.2, 0) is 20.8 Å². The highest BCUT2D eigenvalue weighted by Gasteiger charge is 2.24. The van der Waals surface area contributed by atoms with Gasteiger partial charge < -0.3 is 25.3 Å². The van der Waals surface area contributed by atoms with Crippen LogP contribution >= 0.6 is 0 Å². The van der Waals surface area contributed by atoms with Crippen LogP contribution in [0.5, 0.6) is 0 Å². The number of nitrogens with two attached hydrogens (primary N) is 1. The van der Waals surface area contributed by atoms with Crippen LogP contribution in [0.1, 0.15) is 18.5 Å². The molecule has 198 valence electrons. The molecule has 13 nitrogen and oxygen atoms in total. The lowest BCUT2D eigenvalue weighted by atomic mass is 10.1. The highest BCUT2D eigenvalue weighted by molar-refractivity contribution is 5.83. The van der Waals surface area contributed by atoms with Gasteiger partial charge in [0.05, 0.1) is 57.8 Å². The van der Waals surface area contributed by atoms with E-state index >= 15 is 0 Å². The van der Waals surface area contributed by atoms with Gasteiger partial charge in [0.1, 0.15) is 11.8 Å². The zero-order valence-corrected chi connectivity index (χ0v) is 21.0. The number of pyridine rings is 2. The van der Waals surface area contributed by atoms with Crippen LogP contribution in [0, 0.1) is 11.3 Å². The van der Waals surface area contributed by atoms with Crippen molar-refractivity contribution in [2.75, 3.05) is 51.5 Å². The molecule has 1 fully saturated rings. The Hall–Kier alpha value is -3.96. The van der Waals surface area contributed by atoms with E-state index in [2.05, 4.69) is 36.8 Å². The molecule has 0 atom stereocenters. The molecule has 4 heterocycles. The predicted octanol–water partition coefficient (Wildman–Crippen LogP) is 1.53. The molecule has 0 radical (unpaired) electrons. The third-order valence-corrected chi connectivity index (χ3v) is 5.88. The SMILES string of the molecule is N#Cc1nn(-c2cc(NC3CC3)c(-c3cn(CCOCCOCCOCCN)nn3)cn2)c2ncccc12. The van der Waals surface area contributed by atoms with Gasteiger partial charge in [-0.2, -0.15) is 15.0 Å². The molecule has 0 aliphatic heterocycles. The third kappa shape index (κ3) is 6.29. The number of nitrogens with one attached hydrogen (secondary N) is 1. The Bertz CT molecular complexity index is 1390. The molecule has 4 aromatic rings. The second-order valence-electron chi connectivity index (χ2n) is 8.75. The lowest BCUT2D eigenvalue weighted by Gasteiger charge is -2.11. The van der Waals surface area contributed by atoms with Gasteiger partial charge in [-0.25, -0.2) is 14.6 Å². The van der Waals surface area contributed by atoms with Gasteiger partial charge in [-0.3, -0.25) is 0 Å². The van der Waals surface area contributed by atoms with E-state index in [9.17, 15) is 5.26 Å². The molecular formula is C25H30N10O3. The molecule has 0 aromatic carbocycles. The molecule has 3 N–H and O–H groups in total. The van der Waals surface area contributed by atoms with Gasteiger partial charge in [0.25, 0.3) is 0 Å². The molecule has 38 heavy (non-hydrogen) atoms. The first kappa shape index (κ1) is 25.7. The molecule has 1 saturated carbocycles. The normalized spacial score (nSPS) is 13.2. The summed E-state index contributed by atoms with van der Waals surface area (Å²) in [6.45, 7) is 4.14. The van der Waals surface area contributed by atoms with Crippen molar-refractivity contribution in [1.82, 2.24) is 34.7 Å². The van der Waals surface area contributed by atoms with E-state index in [0.717, 1.165) is 24.1 Å². The van der Waals surface area contributed by atoms with Crippen LogP contribution in [0.4, 0.5) is 5.69 Å². The standard InChI is InChI=1S/C25H30N10O3/c26-5-8-36-10-12-38-13-11-37-9-7-34-17-23(31-33-34)20-16-29-24(14-21(20)30-18-3-4-18)35-25-19(2-1-6-28-25)22(15-27)32-35/h1-2,6,14,16-18H,3-5,7-13,26H2,(H,29,30). The number of aromatic nitrogens is 7. The summed E-state index contributed by atoms with van der Waals surface area (Å²) in [6.07, 6.45) is 7.52. The highest BCUT2D eigenvalue weighted by Crippen LogP contribution is 2.33. The maximum atomic E-state index is 9.50. The smallest absolute Gasteiger partial charge is 0.172 e. The summed E-state index contributed by atoms with van der Waals surface area (Å²) < 4.78 is 19.7. The topological polar surface area (TPSA) is 164 Å². The molecule has 13 heteroatoms. The zero-order chi connectivity index (χ0) is 26.2. The fourth-order valence-corrected chi connectivity index (χ4v) is 3.84. The van der Waals surface area contributed by atoms with Gasteiger partial charge in [-0.1, -0.05) is 5.21 Å². The fraction of sp³-hybridized carbons (Fsp3) is 0.440. The molecular weight excluding hydrogens is 488 g/mol. The minimum absolute atomic E-state index is 0.309. The number of anilines is 1. The zero-order valence-electron chi connectivity index (χ0n) is 21.0. The number of nitrogens with zero attached hydrogens (tertiary/aromatic N) is 8. The van der Waals surface area contributed by atoms with Crippen molar-refractivity contribution in [1.29, 1.82) is 5.26 Å². The van der Waals surface area contributed by atoms with E-state index < -0.39 is 0 Å². The van der Waals surface area contributed by atoms with Crippen LogP contribution in [0.2, 0.25) is 0 Å². The largest absolute Gasteiger partial charge is 0.382 e. The Kier molecular flexibility index (Phi) is 8.46. The van der Waals surface area contributed by atoms with Crippen molar-refractivity contribution < 1.29 is 14.2 Å². The maximum absolute atomic E-state index is 9.50. The summed E-state index contributed by atoms with van der Waals surface area (Å²) in [5.41, 5.74) is 8.68. The number of fused-ring (bicyclic) bond motifs is 1. The minimum atomic E-state index is 0.309. The van der Waals surface area contributed by atoms with E-state index in [4.69, 9.17) is 19.9 Å². The van der Waals surface area contributed by atoms with Crippen molar-refractivity contribution in [2.45, 2.75) is 25.4 Å². The second kappa shape index (κ2) is 12.5. The Morgan fingerprint density at radius 2 is 1.87 bits per heavy atom. The first-order valence-corrected chi connectivity index (χ1v) is 12.6. The molecule has 4 aromatic heterocycles. The lowest BCUT2D eigenvalue weighted by Crippen LogP contribution is -2.14. The van der Waals surface area contributed by atoms with Gasteiger partial charge in [-0.15, -0.1) is 5.10 Å². The number of ether oxygens (including phenoxy) is 3.